The van der Waals surface area contributed by atoms with Gasteiger partial charge in [0.25, 0.3) is 5.91 Å². The number of amides is 2. The van der Waals surface area contributed by atoms with Crippen molar-refractivity contribution in [1.29, 1.82) is 0 Å². The van der Waals surface area contributed by atoms with E-state index in [4.69, 9.17) is 10.5 Å². The Hall–Kier alpha value is -2.97. The Balaban J connectivity index is 1.27. The van der Waals surface area contributed by atoms with Crippen LogP contribution in [0.4, 0.5) is 4.39 Å². The van der Waals surface area contributed by atoms with Gasteiger partial charge in [-0.05, 0) is 80.1 Å². The number of alkyl halides is 1. The molecule has 2 saturated heterocycles. The molecule has 0 bridgehead atoms. The molecule has 2 amide bonds. The number of rotatable bonds is 10. The highest BCUT2D eigenvalue weighted by Gasteiger charge is 2.38. The summed E-state index contributed by atoms with van der Waals surface area (Å²) in [7, 11) is 0. The maximum Gasteiger partial charge on any atom is 0.254 e. The molecular formula is C30H40FN3O4. The first kappa shape index (κ1) is 28.0. The summed E-state index contributed by atoms with van der Waals surface area (Å²) in [4.78, 5) is 28.1. The molecule has 0 aliphatic carbocycles. The van der Waals surface area contributed by atoms with E-state index in [-0.39, 0.29) is 18.9 Å². The molecule has 206 valence electrons. The lowest BCUT2D eigenvalue weighted by atomic mass is 9.94. The van der Waals surface area contributed by atoms with E-state index >= 15 is 0 Å². The topological polar surface area (TPSA) is 96.1 Å². The van der Waals surface area contributed by atoms with Crippen LogP contribution in [0.3, 0.4) is 0 Å². The second-order valence-corrected chi connectivity index (χ2v) is 10.8. The van der Waals surface area contributed by atoms with Crippen LogP contribution in [-0.4, -0.2) is 77.3 Å². The number of primary amides is 1. The van der Waals surface area contributed by atoms with Crippen molar-refractivity contribution in [3.63, 3.8) is 0 Å². The predicted octanol–water partition coefficient (Wildman–Crippen LogP) is 4.03. The lowest BCUT2D eigenvalue weighted by Gasteiger charge is -2.36. The fraction of sp³-hybridized carbons (Fsp3) is 0.533. The van der Waals surface area contributed by atoms with E-state index in [0.29, 0.717) is 37.5 Å². The van der Waals surface area contributed by atoms with Gasteiger partial charge in [0.15, 0.2) is 0 Å². The fourth-order valence-electron chi connectivity index (χ4n) is 5.42. The lowest BCUT2D eigenvalue weighted by Crippen LogP contribution is -2.44. The summed E-state index contributed by atoms with van der Waals surface area (Å²) in [6.45, 7) is 6.97. The molecule has 2 heterocycles. The number of ether oxygens (including phenoxy) is 1. The summed E-state index contributed by atoms with van der Waals surface area (Å²) in [5, 5.41) is 9.88. The highest BCUT2D eigenvalue weighted by Crippen LogP contribution is 2.28. The molecule has 2 aliphatic rings. The second kappa shape index (κ2) is 12.3. The normalized spacial score (nSPS) is 21.0. The summed E-state index contributed by atoms with van der Waals surface area (Å²) in [6, 6.07) is 14.3. The zero-order valence-corrected chi connectivity index (χ0v) is 22.4. The van der Waals surface area contributed by atoms with Gasteiger partial charge in [-0.1, -0.05) is 38.1 Å². The quantitative estimate of drug-likeness (QED) is 0.488. The summed E-state index contributed by atoms with van der Waals surface area (Å²) >= 11 is 0. The van der Waals surface area contributed by atoms with E-state index in [1.165, 1.54) is 4.90 Å². The molecule has 0 saturated carbocycles. The average Bonchev–Trinajstić information content (AvgIpc) is 3.34. The SMILES string of the molecule is CCC(F)(CC)CN1CCC(COc2ccc(-c3ccc(C(=O)N4C[C@H](O)C[C@H]4C(N)=O)cc3)cc2)CC1. The third-order valence-corrected chi connectivity index (χ3v) is 8.15. The molecule has 0 spiro atoms. The highest BCUT2D eigenvalue weighted by atomic mass is 19.1. The smallest absolute Gasteiger partial charge is 0.254 e. The Bertz CT molecular complexity index is 1080. The van der Waals surface area contributed by atoms with Gasteiger partial charge in [0.2, 0.25) is 5.91 Å². The zero-order chi connectivity index (χ0) is 27.3. The van der Waals surface area contributed by atoms with Crippen molar-refractivity contribution in [3.8, 4) is 16.9 Å². The van der Waals surface area contributed by atoms with Crippen molar-refractivity contribution >= 4 is 11.8 Å². The van der Waals surface area contributed by atoms with Crippen LogP contribution >= 0.6 is 0 Å². The molecule has 2 atom stereocenters. The first-order valence-electron chi connectivity index (χ1n) is 13.7. The van der Waals surface area contributed by atoms with Crippen LogP contribution in [0.2, 0.25) is 0 Å². The van der Waals surface area contributed by atoms with Crippen LogP contribution in [0, 0.1) is 5.92 Å². The summed E-state index contributed by atoms with van der Waals surface area (Å²) in [5.74, 6) is 0.365. The number of nitrogens with two attached hydrogens (primary N) is 1. The van der Waals surface area contributed by atoms with Crippen molar-refractivity contribution in [1.82, 2.24) is 9.80 Å². The number of piperidine rings is 1. The molecule has 2 aliphatic heterocycles. The van der Waals surface area contributed by atoms with Gasteiger partial charge < -0.3 is 25.4 Å². The van der Waals surface area contributed by atoms with Gasteiger partial charge >= 0.3 is 0 Å². The molecule has 0 unspecified atom stereocenters. The van der Waals surface area contributed by atoms with Crippen molar-refractivity contribution in [3.05, 3.63) is 54.1 Å². The van der Waals surface area contributed by atoms with E-state index in [0.717, 1.165) is 42.8 Å². The summed E-state index contributed by atoms with van der Waals surface area (Å²) in [5.41, 5.74) is 6.73. The van der Waals surface area contributed by atoms with Crippen LogP contribution in [0.15, 0.2) is 48.5 Å². The molecule has 38 heavy (non-hydrogen) atoms. The molecule has 2 fully saturated rings. The van der Waals surface area contributed by atoms with Gasteiger partial charge in [-0.25, -0.2) is 4.39 Å². The number of carbonyl (C=O) groups is 2. The Kier molecular flexibility index (Phi) is 9.05. The minimum absolute atomic E-state index is 0.102. The van der Waals surface area contributed by atoms with Crippen molar-refractivity contribution in [2.75, 3.05) is 32.8 Å². The number of β-amino-alcohol motifs (C(OH)–C–C–N with tert-alkyl or cyclic N) is 1. The minimum Gasteiger partial charge on any atom is -0.493 e. The van der Waals surface area contributed by atoms with Gasteiger partial charge in [-0.3, -0.25) is 9.59 Å². The standard InChI is InChI=1S/C30H40FN3O4/c1-3-30(31,4-2)20-33-15-13-21(14-16-33)19-38-26-11-9-23(10-12-26)22-5-7-24(8-6-22)29(37)34-18-25(35)17-27(34)28(32)36/h5-12,21,25,27,35H,3-4,13-20H2,1-2H3,(H2,32,36)/t25-,27+/m1/s1. The van der Waals surface area contributed by atoms with Gasteiger partial charge in [0.1, 0.15) is 17.5 Å². The largest absolute Gasteiger partial charge is 0.493 e. The third kappa shape index (κ3) is 6.72. The monoisotopic (exact) mass is 525 g/mol. The van der Waals surface area contributed by atoms with Crippen LogP contribution in [0.1, 0.15) is 56.3 Å². The van der Waals surface area contributed by atoms with E-state index in [1.54, 1.807) is 12.1 Å². The third-order valence-electron chi connectivity index (χ3n) is 8.15. The molecule has 7 nitrogen and oxygen atoms in total. The lowest BCUT2D eigenvalue weighted by molar-refractivity contribution is -0.121. The zero-order valence-electron chi connectivity index (χ0n) is 22.4. The molecule has 3 N–H and O–H groups in total. The average molecular weight is 526 g/mol. The number of aliphatic hydroxyl groups excluding tert-OH is 1. The number of carbonyl (C=O) groups excluding carboxylic acids is 2. The maximum absolute atomic E-state index is 14.7. The summed E-state index contributed by atoms with van der Waals surface area (Å²) < 4.78 is 20.8. The Morgan fingerprint density at radius 1 is 1.03 bits per heavy atom. The molecule has 8 heteroatoms. The fourth-order valence-corrected chi connectivity index (χ4v) is 5.42. The van der Waals surface area contributed by atoms with E-state index in [2.05, 4.69) is 4.90 Å². The van der Waals surface area contributed by atoms with E-state index < -0.39 is 23.7 Å². The molecule has 4 rings (SSSR count). The van der Waals surface area contributed by atoms with Crippen molar-refractivity contribution in [2.24, 2.45) is 11.7 Å². The molecule has 2 aromatic carbocycles. The number of aliphatic hydroxyl groups is 1. The Morgan fingerprint density at radius 2 is 1.61 bits per heavy atom. The van der Waals surface area contributed by atoms with Crippen LogP contribution in [0.25, 0.3) is 11.1 Å². The minimum atomic E-state index is -1.08. The van der Waals surface area contributed by atoms with Crippen LogP contribution in [-0.2, 0) is 4.79 Å². The number of hydrogen-bond acceptors (Lipinski definition) is 5. The van der Waals surface area contributed by atoms with Crippen LogP contribution < -0.4 is 10.5 Å². The Morgan fingerprint density at radius 3 is 2.16 bits per heavy atom. The molecule has 0 aromatic heterocycles. The van der Waals surface area contributed by atoms with Gasteiger partial charge in [0.05, 0.1) is 12.7 Å². The first-order valence-corrected chi connectivity index (χ1v) is 13.7. The van der Waals surface area contributed by atoms with Crippen molar-refractivity contribution in [2.45, 2.75) is 63.8 Å². The first-order chi connectivity index (χ1) is 18.2. The predicted molar refractivity (Wildman–Crippen MR) is 146 cm³/mol. The van der Waals surface area contributed by atoms with Gasteiger partial charge in [-0.15, -0.1) is 0 Å². The molecule has 2 aromatic rings. The summed E-state index contributed by atoms with van der Waals surface area (Å²) in [6.07, 6.45) is 2.58. The maximum atomic E-state index is 14.7. The van der Waals surface area contributed by atoms with Gasteiger partial charge in [-0.2, -0.15) is 0 Å². The number of likely N-dealkylation sites (tertiary alicyclic amines) is 2. The number of benzene rings is 2. The van der Waals surface area contributed by atoms with Gasteiger partial charge in [0, 0.05) is 25.1 Å². The van der Waals surface area contributed by atoms with Crippen LogP contribution in [0.5, 0.6) is 5.75 Å². The van der Waals surface area contributed by atoms with Crippen molar-refractivity contribution < 1.29 is 23.8 Å². The molecule has 0 radical (unpaired) electrons. The second-order valence-electron chi connectivity index (χ2n) is 10.8. The van der Waals surface area contributed by atoms with E-state index in [1.807, 2.05) is 50.2 Å². The van der Waals surface area contributed by atoms with E-state index in [9.17, 15) is 19.1 Å². The number of hydrogen-bond donors (Lipinski definition) is 2. The number of nitrogens with zero attached hydrogens (tertiary/aromatic N) is 2. The highest BCUT2D eigenvalue weighted by molar-refractivity contribution is 5.98. The molecular weight excluding hydrogens is 485 g/mol. The number of halogens is 1. The Labute approximate surface area is 224 Å².